The van der Waals surface area contributed by atoms with Gasteiger partial charge in [-0.3, -0.25) is 4.79 Å². The van der Waals surface area contributed by atoms with Gasteiger partial charge in [0.25, 0.3) is 0 Å². The molecule has 116 valence electrons. The number of carbonyl (C=O) groups is 2. The molecule has 0 aromatic heterocycles. The number of amides is 3. The normalized spacial score (nSPS) is 11.0. The Morgan fingerprint density at radius 2 is 1.81 bits per heavy atom. The molecule has 0 aliphatic carbocycles. The lowest BCUT2D eigenvalue weighted by Gasteiger charge is -2.24. The van der Waals surface area contributed by atoms with Crippen molar-refractivity contribution in [2.45, 2.75) is 40.2 Å². The summed E-state index contributed by atoms with van der Waals surface area (Å²) >= 11 is 0. The number of benzene rings is 1. The van der Waals surface area contributed by atoms with Gasteiger partial charge in [0.2, 0.25) is 5.91 Å². The predicted octanol–water partition coefficient (Wildman–Crippen LogP) is 2.68. The van der Waals surface area contributed by atoms with Crippen LogP contribution in [0.1, 0.15) is 31.9 Å². The fourth-order valence-corrected chi connectivity index (χ4v) is 1.84. The first-order valence-corrected chi connectivity index (χ1v) is 6.99. The van der Waals surface area contributed by atoms with Gasteiger partial charge < -0.3 is 15.5 Å². The second-order valence-electron chi connectivity index (χ2n) is 6.33. The van der Waals surface area contributed by atoms with Crippen LogP contribution in [0.25, 0.3) is 0 Å². The number of rotatable bonds is 3. The van der Waals surface area contributed by atoms with Crippen molar-refractivity contribution in [3.8, 4) is 0 Å². The first-order valence-electron chi connectivity index (χ1n) is 6.99. The molecule has 21 heavy (non-hydrogen) atoms. The van der Waals surface area contributed by atoms with Crippen molar-refractivity contribution < 1.29 is 9.59 Å². The number of hydrogen-bond donors (Lipinski definition) is 2. The third-order valence-corrected chi connectivity index (χ3v) is 3.09. The molecule has 1 aromatic carbocycles. The Morgan fingerprint density at radius 3 is 2.38 bits per heavy atom. The Labute approximate surface area is 126 Å². The molecule has 0 bridgehead atoms. The number of likely N-dealkylation sites (N-methyl/N-ethyl adjacent to an activating group) is 1. The van der Waals surface area contributed by atoms with Crippen LogP contribution in [0, 0.1) is 13.8 Å². The van der Waals surface area contributed by atoms with Crippen molar-refractivity contribution in [3.63, 3.8) is 0 Å². The molecule has 1 aromatic rings. The topological polar surface area (TPSA) is 61.4 Å². The molecular weight excluding hydrogens is 266 g/mol. The number of nitrogens with zero attached hydrogens (tertiary/aromatic N) is 1. The molecule has 2 N–H and O–H groups in total. The second kappa shape index (κ2) is 6.61. The lowest BCUT2D eigenvalue weighted by atomic mass is 10.1. The number of aryl methyl sites for hydroxylation is 1. The smallest absolute Gasteiger partial charge is 0.322 e. The SMILES string of the molecule is Cc1cccc(NC(=O)N(C)CC(=O)NC(C)(C)C)c1C. The molecule has 1 rings (SSSR count). The van der Waals surface area contributed by atoms with Crippen LogP contribution in [0.15, 0.2) is 18.2 Å². The van der Waals surface area contributed by atoms with Crippen molar-refractivity contribution in [1.82, 2.24) is 10.2 Å². The van der Waals surface area contributed by atoms with Crippen molar-refractivity contribution >= 4 is 17.6 Å². The van der Waals surface area contributed by atoms with Gasteiger partial charge in [0.15, 0.2) is 0 Å². The quantitative estimate of drug-likeness (QED) is 0.899. The first kappa shape index (κ1) is 17.0. The highest BCUT2D eigenvalue weighted by molar-refractivity contribution is 5.93. The van der Waals surface area contributed by atoms with E-state index in [2.05, 4.69) is 10.6 Å². The highest BCUT2D eigenvalue weighted by Crippen LogP contribution is 2.18. The maximum absolute atomic E-state index is 12.1. The zero-order valence-corrected chi connectivity index (χ0v) is 13.7. The largest absolute Gasteiger partial charge is 0.350 e. The molecule has 0 saturated heterocycles. The molecule has 5 heteroatoms. The monoisotopic (exact) mass is 291 g/mol. The van der Waals surface area contributed by atoms with Crippen LogP contribution in [-0.4, -0.2) is 36.0 Å². The van der Waals surface area contributed by atoms with E-state index in [0.29, 0.717) is 0 Å². The molecule has 0 aliphatic heterocycles. The van der Waals surface area contributed by atoms with Crippen LogP contribution in [0.5, 0.6) is 0 Å². The van der Waals surface area contributed by atoms with Crippen LogP contribution >= 0.6 is 0 Å². The highest BCUT2D eigenvalue weighted by atomic mass is 16.2. The zero-order chi connectivity index (χ0) is 16.2. The van der Waals surface area contributed by atoms with E-state index in [1.807, 2.05) is 52.8 Å². The lowest BCUT2D eigenvalue weighted by molar-refractivity contribution is -0.122. The van der Waals surface area contributed by atoms with Crippen LogP contribution in [-0.2, 0) is 4.79 Å². The molecule has 0 radical (unpaired) electrons. The number of urea groups is 1. The van der Waals surface area contributed by atoms with E-state index in [1.54, 1.807) is 7.05 Å². The summed E-state index contributed by atoms with van der Waals surface area (Å²) in [6, 6.07) is 5.44. The van der Waals surface area contributed by atoms with Gasteiger partial charge in [-0.1, -0.05) is 12.1 Å². The Balaban J connectivity index is 2.63. The fourth-order valence-electron chi connectivity index (χ4n) is 1.84. The Hall–Kier alpha value is -2.04. The minimum absolute atomic E-state index is 0.0218. The van der Waals surface area contributed by atoms with Gasteiger partial charge in [0.1, 0.15) is 6.54 Å². The molecule has 0 spiro atoms. The second-order valence-corrected chi connectivity index (χ2v) is 6.33. The minimum Gasteiger partial charge on any atom is -0.350 e. The summed E-state index contributed by atoms with van der Waals surface area (Å²) in [6.07, 6.45) is 0. The highest BCUT2D eigenvalue weighted by Gasteiger charge is 2.18. The van der Waals surface area contributed by atoms with Crippen molar-refractivity contribution in [3.05, 3.63) is 29.3 Å². The van der Waals surface area contributed by atoms with Gasteiger partial charge >= 0.3 is 6.03 Å². The number of carbonyl (C=O) groups excluding carboxylic acids is 2. The van der Waals surface area contributed by atoms with E-state index >= 15 is 0 Å². The Bertz CT molecular complexity index is 533. The third-order valence-electron chi connectivity index (χ3n) is 3.09. The van der Waals surface area contributed by atoms with Crippen LogP contribution in [0.2, 0.25) is 0 Å². The van der Waals surface area contributed by atoms with E-state index in [4.69, 9.17) is 0 Å². The summed E-state index contributed by atoms with van der Waals surface area (Å²) < 4.78 is 0. The fraction of sp³-hybridized carbons (Fsp3) is 0.500. The predicted molar refractivity (Wildman–Crippen MR) is 85.5 cm³/mol. The molecule has 0 aliphatic rings. The van der Waals surface area contributed by atoms with Crippen LogP contribution in [0.4, 0.5) is 10.5 Å². The number of hydrogen-bond acceptors (Lipinski definition) is 2. The summed E-state index contributed by atoms with van der Waals surface area (Å²) in [5.41, 5.74) is 2.60. The molecule has 0 heterocycles. The minimum atomic E-state index is -0.304. The molecular formula is C16H25N3O2. The average Bonchev–Trinajstić information content (AvgIpc) is 2.32. The summed E-state index contributed by atoms with van der Waals surface area (Å²) in [5.74, 6) is -0.180. The summed E-state index contributed by atoms with van der Waals surface area (Å²) in [6.45, 7) is 9.68. The van der Waals surface area contributed by atoms with Gasteiger partial charge in [-0.2, -0.15) is 0 Å². The molecule has 0 fully saturated rings. The first-order chi connectivity index (χ1) is 9.60. The van der Waals surface area contributed by atoms with Crippen LogP contribution in [0.3, 0.4) is 0 Å². The Morgan fingerprint density at radius 1 is 1.19 bits per heavy atom. The van der Waals surface area contributed by atoms with Gasteiger partial charge in [-0.25, -0.2) is 4.79 Å². The van der Waals surface area contributed by atoms with Gasteiger partial charge in [0.05, 0.1) is 0 Å². The number of anilines is 1. The van der Waals surface area contributed by atoms with Gasteiger partial charge in [-0.05, 0) is 51.8 Å². The molecule has 5 nitrogen and oxygen atoms in total. The summed E-state index contributed by atoms with van der Waals surface area (Å²) in [4.78, 5) is 25.3. The summed E-state index contributed by atoms with van der Waals surface area (Å²) in [7, 11) is 1.60. The Kier molecular flexibility index (Phi) is 5.35. The van der Waals surface area contributed by atoms with Crippen molar-refractivity contribution in [2.75, 3.05) is 18.9 Å². The zero-order valence-electron chi connectivity index (χ0n) is 13.7. The molecule has 0 saturated carbocycles. The lowest BCUT2D eigenvalue weighted by Crippen LogP contribution is -2.47. The van der Waals surface area contributed by atoms with E-state index in [0.717, 1.165) is 16.8 Å². The van der Waals surface area contributed by atoms with Crippen molar-refractivity contribution in [2.24, 2.45) is 0 Å². The van der Waals surface area contributed by atoms with E-state index in [1.165, 1.54) is 4.90 Å². The van der Waals surface area contributed by atoms with E-state index in [9.17, 15) is 9.59 Å². The van der Waals surface area contributed by atoms with Crippen molar-refractivity contribution in [1.29, 1.82) is 0 Å². The molecule has 3 amide bonds. The summed E-state index contributed by atoms with van der Waals surface area (Å²) in [5, 5.41) is 5.65. The third kappa shape index (κ3) is 5.45. The van der Waals surface area contributed by atoms with Gasteiger partial charge in [-0.15, -0.1) is 0 Å². The van der Waals surface area contributed by atoms with E-state index < -0.39 is 0 Å². The maximum Gasteiger partial charge on any atom is 0.322 e. The molecule has 0 unspecified atom stereocenters. The standard InChI is InChI=1S/C16H25N3O2/c1-11-8-7-9-13(12(11)2)17-15(21)19(6)10-14(20)18-16(3,4)5/h7-9H,10H2,1-6H3,(H,17,21)(H,18,20). The maximum atomic E-state index is 12.1. The van der Waals surface area contributed by atoms with Crippen LogP contribution < -0.4 is 10.6 Å². The van der Waals surface area contributed by atoms with E-state index in [-0.39, 0.29) is 24.0 Å². The molecule has 0 atom stereocenters. The average molecular weight is 291 g/mol. The number of nitrogens with one attached hydrogen (secondary N) is 2. The van der Waals surface area contributed by atoms with Gasteiger partial charge in [0, 0.05) is 18.3 Å².